The van der Waals surface area contributed by atoms with Gasteiger partial charge in [0.25, 0.3) is 17.7 Å². The maximum Gasteiger partial charge on any atom is 0.337 e. The van der Waals surface area contributed by atoms with Crippen LogP contribution in [0.1, 0.15) is 47.0 Å². The van der Waals surface area contributed by atoms with E-state index in [4.69, 9.17) is 14.6 Å². The Hall–Kier alpha value is -4.75. The summed E-state index contributed by atoms with van der Waals surface area (Å²) in [4.78, 5) is 51.6. The summed E-state index contributed by atoms with van der Waals surface area (Å²) in [5, 5.41) is 17.2. The van der Waals surface area contributed by atoms with Gasteiger partial charge in [0.2, 0.25) is 10.0 Å². The molecule has 0 atom stereocenters. The summed E-state index contributed by atoms with van der Waals surface area (Å²) in [5.74, 6) is -2.78. The summed E-state index contributed by atoms with van der Waals surface area (Å²) in [6.45, 7) is 0.0240. The van der Waals surface area contributed by atoms with E-state index in [1.54, 1.807) is 12.1 Å². The molecule has 3 aromatic rings. The fraction of sp³-hybridized carbons (Fsp3) is 0.154. The number of methoxy groups -OCH3 is 2. The Kier molecular flexibility index (Phi) is 7.38. The van der Waals surface area contributed by atoms with Crippen molar-refractivity contribution in [2.75, 3.05) is 26.1 Å². The number of amides is 3. The Morgan fingerprint density at radius 3 is 2.13 bits per heavy atom. The minimum Gasteiger partial charge on any atom is -0.493 e. The van der Waals surface area contributed by atoms with E-state index in [1.807, 2.05) is 0 Å². The number of primary sulfonamides is 1. The molecule has 1 aliphatic heterocycles. The Morgan fingerprint density at radius 1 is 0.923 bits per heavy atom. The number of aromatic carboxylic acids is 1. The third-order valence-electron chi connectivity index (χ3n) is 6.11. The fourth-order valence-corrected chi connectivity index (χ4v) is 4.59. The fourth-order valence-electron chi connectivity index (χ4n) is 4.08. The lowest BCUT2D eigenvalue weighted by atomic mass is 10.0. The van der Waals surface area contributed by atoms with Crippen LogP contribution in [0.2, 0.25) is 0 Å². The first-order chi connectivity index (χ1) is 18.4. The van der Waals surface area contributed by atoms with Gasteiger partial charge in [0.1, 0.15) is 0 Å². The molecule has 0 saturated heterocycles. The van der Waals surface area contributed by atoms with Crippen molar-refractivity contribution in [3.05, 3.63) is 82.4 Å². The Labute approximate surface area is 223 Å². The number of carbonyl (C=O) groups excluding carboxylic acids is 3. The number of hydrogen-bond donors (Lipinski definition) is 3. The largest absolute Gasteiger partial charge is 0.493 e. The van der Waals surface area contributed by atoms with Gasteiger partial charge >= 0.3 is 5.97 Å². The molecule has 3 amide bonds. The second-order valence-electron chi connectivity index (χ2n) is 8.47. The lowest BCUT2D eigenvalue weighted by Crippen LogP contribution is -2.31. The van der Waals surface area contributed by atoms with Gasteiger partial charge in [-0.2, -0.15) is 0 Å². The number of carbonyl (C=O) groups is 4. The molecule has 39 heavy (non-hydrogen) atoms. The average Bonchev–Trinajstić information content (AvgIpc) is 3.15. The standard InChI is InChI=1S/C26H23N3O9S/c1-37-21-12-19(26(33)34)20(13-22(21)38-2)28-23(30)15-5-8-17-18(11-15)25(32)29(24(17)31)10-9-14-3-6-16(7-4-14)39(27,35)36/h3-8,11-13H,9-10H2,1-2H3,(H,28,30)(H,33,34)(H2,27,35,36). The van der Waals surface area contributed by atoms with Crippen molar-refractivity contribution in [2.45, 2.75) is 11.3 Å². The number of imide groups is 1. The zero-order valence-electron chi connectivity index (χ0n) is 20.8. The van der Waals surface area contributed by atoms with E-state index in [0.717, 1.165) is 4.90 Å². The Balaban J connectivity index is 1.52. The van der Waals surface area contributed by atoms with Crippen LogP contribution in [-0.2, 0) is 16.4 Å². The van der Waals surface area contributed by atoms with E-state index in [-0.39, 0.29) is 57.3 Å². The van der Waals surface area contributed by atoms with E-state index in [2.05, 4.69) is 5.32 Å². The maximum atomic E-state index is 13.0. The molecule has 0 unspecified atom stereocenters. The summed E-state index contributed by atoms with van der Waals surface area (Å²) >= 11 is 0. The number of anilines is 1. The van der Waals surface area contributed by atoms with Gasteiger partial charge in [0.15, 0.2) is 11.5 Å². The second kappa shape index (κ2) is 10.6. The van der Waals surface area contributed by atoms with Crippen LogP contribution in [0.3, 0.4) is 0 Å². The molecule has 1 aliphatic rings. The van der Waals surface area contributed by atoms with E-state index in [0.29, 0.717) is 5.56 Å². The molecule has 202 valence electrons. The first-order valence-corrected chi connectivity index (χ1v) is 12.9. The molecule has 4 N–H and O–H groups in total. The van der Waals surface area contributed by atoms with Crippen molar-refractivity contribution in [2.24, 2.45) is 5.14 Å². The monoisotopic (exact) mass is 553 g/mol. The lowest BCUT2D eigenvalue weighted by molar-refractivity contribution is 0.0652. The second-order valence-corrected chi connectivity index (χ2v) is 10.0. The first kappa shape index (κ1) is 27.3. The number of benzene rings is 3. The number of nitrogens with one attached hydrogen (secondary N) is 1. The van der Waals surface area contributed by atoms with Gasteiger partial charge in [-0.15, -0.1) is 0 Å². The third-order valence-corrected chi connectivity index (χ3v) is 7.04. The van der Waals surface area contributed by atoms with Gasteiger partial charge in [-0.3, -0.25) is 19.3 Å². The SMILES string of the molecule is COc1cc(NC(=O)c2ccc3c(c2)C(=O)N(CCc2ccc(S(N)(=O)=O)cc2)C3=O)c(C(=O)O)cc1OC. The molecule has 4 rings (SSSR count). The molecule has 0 fully saturated rings. The van der Waals surface area contributed by atoms with Crippen LogP contribution in [0.15, 0.2) is 59.5 Å². The van der Waals surface area contributed by atoms with Crippen molar-refractivity contribution in [3.63, 3.8) is 0 Å². The van der Waals surface area contributed by atoms with E-state index in [9.17, 15) is 32.7 Å². The number of fused-ring (bicyclic) bond motifs is 1. The average molecular weight is 554 g/mol. The number of ether oxygens (including phenoxy) is 2. The molecule has 0 saturated carbocycles. The summed E-state index contributed by atoms with van der Waals surface area (Å²) in [5.41, 5.74) is 0.575. The number of nitrogens with two attached hydrogens (primary N) is 1. The number of sulfonamides is 1. The Morgan fingerprint density at radius 2 is 1.54 bits per heavy atom. The van der Waals surface area contributed by atoms with Gasteiger partial charge in [-0.1, -0.05) is 12.1 Å². The molecule has 13 heteroatoms. The van der Waals surface area contributed by atoms with E-state index >= 15 is 0 Å². The maximum absolute atomic E-state index is 13.0. The predicted molar refractivity (Wildman–Crippen MR) is 138 cm³/mol. The zero-order chi connectivity index (χ0) is 28.5. The quantitative estimate of drug-likeness (QED) is 0.334. The number of hydrogen-bond acceptors (Lipinski definition) is 8. The van der Waals surface area contributed by atoms with Crippen molar-refractivity contribution in [3.8, 4) is 11.5 Å². The number of rotatable bonds is 9. The first-order valence-electron chi connectivity index (χ1n) is 11.4. The van der Waals surface area contributed by atoms with Crippen LogP contribution >= 0.6 is 0 Å². The van der Waals surface area contributed by atoms with Gasteiger partial charge < -0.3 is 19.9 Å². The number of carboxylic acid groups (broad SMARTS) is 1. The van der Waals surface area contributed by atoms with Crippen LogP contribution in [0, 0.1) is 0 Å². The summed E-state index contributed by atoms with van der Waals surface area (Å²) in [7, 11) is -1.14. The highest BCUT2D eigenvalue weighted by Gasteiger charge is 2.35. The number of carboxylic acids is 1. The molecule has 0 bridgehead atoms. The summed E-state index contributed by atoms with van der Waals surface area (Å²) in [6.07, 6.45) is 0.265. The van der Waals surface area contributed by atoms with Crippen molar-refractivity contribution in [1.82, 2.24) is 4.90 Å². The minimum atomic E-state index is -3.84. The van der Waals surface area contributed by atoms with Crippen LogP contribution in [-0.4, -0.2) is 62.9 Å². The molecule has 3 aromatic carbocycles. The summed E-state index contributed by atoms with van der Waals surface area (Å²) < 4.78 is 33.1. The van der Waals surface area contributed by atoms with Crippen molar-refractivity contribution in [1.29, 1.82) is 0 Å². The molecule has 0 radical (unpaired) electrons. The zero-order valence-corrected chi connectivity index (χ0v) is 21.6. The highest BCUT2D eigenvalue weighted by Crippen LogP contribution is 2.34. The van der Waals surface area contributed by atoms with Gasteiger partial charge in [-0.25, -0.2) is 18.4 Å². The molecule has 0 aromatic heterocycles. The molecule has 0 aliphatic carbocycles. The van der Waals surface area contributed by atoms with Crippen LogP contribution in [0.5, 0.6) is 11.5 Å². The van der Waals surface area contributed by atoms with E-state index < -0.39 is 33.7 Å². The normalized spacial score (nSPS) is 12.7. The topological polar surface area (TPSA) is 182 Å². The molecular weight excluding hydrogens is 530 g/mol. The van der Waals surface area contributed by atoms with Gasteiger partial charge in [0, 0.05) is 24.2 Å². The van der Waals surface area contributed by atoms with Crippen LogP contribution in [0.4, 0.5) is 5.69 Å². The third kappa shape index (κ3) is 5.44. The minimum absolute atomic E-state index is 0.0240. The van der Waals surface area contributed by atoms with Crippen molar-refractivity contribution >= 4 is 39.4 Å². The molecule has 12 nitrogen and oxygen atoms in total. The van der Waals surface area contributed by atoms with Gasteiger partial charge in [-0.05, 0) is 42.3 Å². The number of nitrogens with zero attached hydrogens (tertiary/aromatic N) is 1. The predicted octanol–water partition coefficient (Wildman–Crippen LogP) is 2.14. The van der Waals surface area contributed by atoms with Gasteiger partial charge in [0.05, 0.1) is 41.5 Å². The smallest absolute Gasteiger partial charge is 0.337 e. The van der Waals surface area contributed by atoms with Crippen LogP contribution < -0.4 is 19.9 Å². The Bertz CT molecular complexity index is 1620. The van der Waals surface area contributed by atoms with Crippen molar-refractivity contribution < 1.29 is 42.2 Å². The lowest BCUT2D eigenvalue weighted by Gasteiger charge is -2.14. The highest BCUT2D eigenvalue weighted by molar-refractivity contribution is 7.89. The van der Waals surface area contributed by atoms with Crippen LogP contribution in [0.25, 0.3) is 0 Å². The molecular formula is C26H23N3O9S. The molecule has 0 spiro atoms. The highest BCUT2D eigenvalue weighted by atomic mass is 32.2. The summed E-state index contributed by atoms with van der Waals surface area (Å²) in [6, 6.07) is 12.3. The molecule has 1 heterocycles. The van der Waals surface area contributed by atoms with E-state index in [1.165, 1.54) is 56.7 Å².